The van der Waals surface area contributed by atoms with E-state index in [1.54, 1.807) is 18.2 Å². The fourth-order valence-corrected chi connectivity index (χ4v) is 3.82. The lowest BCUT2D eigenvalue weighted by Gasteiger charge is -2.13. The third-order valence-electron chi connectivity index (χ3n) is 4.17. The van der Waals surface area contributed by atoms with E-state index in [4.69, 9.17) is 17.0 Å². The predicted molar refractivity (Wildman–Crippen MR) is 127 cm³/mol. The van der Waals surface area contributed by atoms with Gasteiger partial charge >= 0.3 is 0 Å². The van der Waals surface area contributed by atoms with Crippen LogP contribution in [0.15, 0.2) is 63.5 Å². The molecule has 0 aliphatic carbocycles. The van der Waals surface area contributed by atoms with E-state index in [1.165, 1.54) is 0 Å². The summed E-state index contributed by atoms with van der Waals surface area (Å²) in [6.07, 6.45) is 0. The Hall–Kier alpha value is -2.49. The molecule has 3 rings (SSSR count). The summed E-state index contributed by atoms with van der Waals surface area (Å²) in [7, 11) is 0. The minimum atomic E-state index is -0.453. The molecule has 0 saturated heterocycles. The summed E-state index contributed by atoms with van der Waals surface area (Å²) in [6.45, 7) is 1.59. The van der Waals surface area contributed by atoms with Gasteiger partial charge in [-0.05, 0) is 75.7 Å². The Balaban J connectivity index is 1.50. The molecule has 0 radical (unpaired) electrons. The third-order valence-corrected chi connectivity index (χ3v) is 5.69. The zero-order valence-corrected chi connectivity index (χ0v) is 19.8. The van der Waals surface area contributed by atoms with Crippen LogP contribution in [-0.4, -0.2) is 23.5 Å². The minimum Gasteiger partial charge on any atom is -0.483 e. The molecule has 2 amide bonds. The van der Waals surface area contributed by atoms with Crippen molar-refractivity contribution in [3.63, 3.8) is 0 Å². The number of ether oxygens (including phenoxy) is 1. The van der Waals surface area contributed by atoms with Crippen LogP contribution in [-0.2, 0) is 4.79 Å². The zero-order chi connectivity index (χ0) is 21.7. The number of hydrazine groups is 1. The number of fused-ring (bicyclic) bond motifs is 1. The van der Waals surface area contributed by atoms with Crippen LogP contribution in [0.4, 0.5) is 0 Å². The lowest BCUT2D eigenvalue weighted by Crippen LogP contribution is -2.49. The Labute approximate surface area is 195 Å². The first kappa shape index (κ1) is 22.2. The number of carbonyl (C=O) groups is 2. The summed E-state index contributed by atoms with van der Waals surface area (Å²) in [5.74, 6) is -0.275. The summed E-state index contributed by atoms with van der Waals surface area (Å²) in [4.78, 5) is 24.3. The Morgan fingerprint density at radius 2 is 1.80 bits per heavy atom. The molecule has 3 aromatic carbocycles. The average Bonchev–Trinajstić information content (AvgIpc) is 2.72. The van der Waals surface area contributed by atoms with E-state index in [9.17, 15) is 9.59 Å². The van der Waals surface area contributed by atoms with E-state index in [2.05, 4.69) is 48.0 Å². The number of amides is 2. The van der Waals surface area contributed by atoms with Crippen molar-refractivity contribution in [2.24, 2.45) is 0 Å². The van der Waals surface area contributed by atoms with Gasteiger partial charge in [-0.1, -0.05) is 46.3 Å². The molecule has 6 nitrogen and oxygen atoms in total. The molecule has 0 saturated carbocycles. The highest BCUT2D eigenvalue weighted by atomic mass is 79.9. The van der Waals surface area contributed by atoms with Crippen LogP contribution >= 0.6 is 44.1 Å². The number of benzene rings is 3. The van der Waals surface area contributed by atoms with Crippen molar-refractivity contribution in [3.05, 3.63) is 74.7 Å². The van der Waals surface area contributed by atoms with Crippen molar-refractivity contribution in [3.8, 4) is 5.75 Å². The summed E-state index contributed by atoms with van der Waals surface area (Å²) in [5.41, 5.74) is 6.22. The number of rotatable bonds is 4. The van der Waals surface area contributed by atoms with Crippen molar-refractivity contribution < 1.29 is 14.3 Å². The topological polar surface area (TPSA) is 79.5 Å². The van der Waals surface area contributed by atoms with Gasteiger partial charge in [-0.2, -0.15) is 0 Å². The van der Waals surface area contributed by atoms with Crippen LogP contribution in [0.25, 0.3) is 10.8 Å². The predicted octanol–water partition coefficient (Wildman–Crippen LogP) is 4.39. The lowest BCUT2D eigenvalue weighted by atomic mass is 10.1. The first-order chi connectivity index (χ1) is 14.3. The van der Waals surface area contributed by atoms with E-state index in [0.717, 1.165) is 25.3 Å². The van der Waals surface area contributed by atoms with Gasteiger partial charge in [-0.3, -0.25) is 25.8 Å². The van der Waals surface area contributed by atoms with E-state index in [0.29, 0.717) is 11.3 Å². The van der Waals surface area contributed by atoms with Gasteiger partial charge < -0.3 is 4.74 Å². The molecule has 154 valence electrons. The molecule has 0 spiro atoms. The maximum absolute atomic E-state index is 12.2. The molecule has 0 unspecified atom stereocenters. The van der Waals surface area contributed by atoms with E-state index >= 15 is 0 Å². The number of carbonyl (C=O) groups excluding carboxylic acids is 2. The van der Waals surface area contributed by atoms with Crippen LogP contribution in [0.3, 0.4) is 0 Å². The van der Waals surface area contributed by atoms with Crippen molar-refractivity contribution in [1.82, 2.24) is 16.2 Å². The van der Waals surface area contributed by atoms with Crippen molar-refractivity contribution in [2.75, 3.05) is 6.61 Å². The number of thiocarbonyl (C=S) groups is 1. The third kappa shape index (κ3) is 5.56. The fourth-order valence-electron chi connectivity index (χ4n) is 2.69. The summed E-state index contributed by atoms with van der Waals surface area (Å²) in [5, 5.41) is 4.49. The highest BCUT2D eigenvalue weighted by Crippen LogP contribution is 2.34. The second-order valence-electron chi connectivity index (χ2n) is 6.30. The monoisotopic (exact) mass is 549 g/mol. The molecule has 3 N–H and O–H groups in total. The highest BCUT2D eigenvalue weighted by Gasteiger charge is 2.12. The van der Waals surface area contributed by atoms with Crippen LogP contribution < -0.4 is 20.9 Å². The van der Waals surface area contributed by atoms with Gasteiger partial charge in [0.15, 0.2) is 11.7 Å². The summed E-state index contributed by atoms with van der Waals surface area (Å²) >= 11 is 12.0. The smallest absolute Gasteiger partial charge is 0.276 e. The Morgan fingerprint density at radius 3 is 2.57 bits per heavy atom. The van der Waals surface area contributed by atoms with Crippen molar-refractivity contribution in [1.29, 1.82) is 0 Å². The maximum atomic E-state index is 12.2. The average molecular weight is 551 g/mol. The second-order valence-corrected chi connectivity index (χ2v) is 8.42. The molecule has 3 aromatic rings. The molecule has 0 aliphatic rings. The molecule has 0 aliphatic heterocycles. The quantitative estimate of drug-likeness (QED) is 0.332. The van der Waals surface area contributed by atoms with Gasteiger partial charge in [-0.15, -0.1) is 0 Å². The zero-order valence-electron chi connectivity index (χ0n) is 15.8. The lowest BCUT2D eigenvalue weighted by molar-refractivity contribution is -0.123. The van der Waals surface area contributed by atoms with Crippen molar-refractivity contribution in [2.45, 2.75) is 6.92 Å². The first-order valence-electron chi connectivity index (χ1n) is 8.81. The Kier molecular flexibility index (Phi) is 7.41. The van der Waals surface area contributed by atoms with Crippen LogP contribution in [0, 0.1) is 6.92 Å². The van der Waals surface area contributed by atoms with Crippen LogP contribution in [0.1, 0.15) is 15.9 Å². The van der Waals surface area contributed by atoms with Crippen LogP contribution in [0.2, 0.25) is 0 Å². The number of hydrogen-bond donors (Lipinski definition) is 3. The number of aryl methyl sites for hydroxylation is 1. The molecular formula is C21H17Br2N3O3S. The van der Waals surface area contributed by atoms with Crippen LogP contribution in [0.5, 0.6) is 5.75 Å². The van der Waals surface area contributed by atoms with E-state index in [1.807, 2.05) is 43.3 Å². The number of halogens is 2. The number of hydrogen-bond acceptors (Lipinski definition) is 4. The molecule has 9 heteroatoms. The van der Waals surface area contributed by atoms with E-state index < -0.39 is 5.91 Å². The van der Waals surface area contributed by atoms with Crippen molar-refractivity contribution >= 4 is 71.8 Å². The molecule has 0 aromatic heterocycles. The molecule has 0 bridgehead atoms. The highest BCUT2D eigenvalue weighted by molar-refractivity contribution is 9.11. The van der Waals surface area contributed by atoms with Gasteiger partial charge in [0.05, 0.1) is 4.47 Å². The molecule has 0 fully saturated rings. The SMILES string of the molecule is Cc1ccccc1C(=O)NC(=S)NNC(=O)COc1ccc2cc(Br)ccc2c1Br. The Morgan fingerprint density at radius 1 is 1.03 bits per heavy atom. The minimum absolute atomic E-state index is 0.0194. The Bertz CT molecular complexity index is 1140. The maximum Gasteiger partial charge on any atom is 0.276 e. The molecule has 30 heavy (non-hydrogen) atoms. The second kappa shape index (κ2) is 10.0. The fraction of sp³-hybridized carbons (Fsp3) is 0.0952. The van der Waals surface area contributed by atoms with Gasteiger partial charge in [-0.25, -0.2) is 0 Å². The standard InChI is InChI=1S/C21H17Br2N3O3S/c1-12-4-2-3-5-15(12)20(28)24-21(30)26-25-18(27)11-29-17-9-6-13-10-14(22)7-8-16(13)19(17)23/h2-10H,11H2,1H3,(H,25,27)(H2,24,26,28,30). The van der Waals surface area contributed by atoms with Gasteiger partial charge in [0, 0.05) is 10.0 Å². The van der Waals surface area contributed by atoms with E-state index in [-0.39, 0.29) is 17.6 Å². The van der Waals surface area contributed by atoms with Gasteiger partial charge in [0.2, 0.25) is 0 Å². The normalized spacial score (nSPS) is 10.4. The summed E-state index contributed by atoms with van der Waals surface area (Å²) in [6, 6.07) is 16.7. The largest absolute Gasteiger partial charge is 0.483 e. The van der Waals surface area contributed by atoms with Gasteiger partial charge in [0.25, 0.3) is 11.8 Å². The molecule has 0 heterocycles. The van der Waals surface area contributed by atoms with Gasteiger partial charge in [0.1, 0.15) is 5.75 Å². The first-order valence-corrected chi connectivity index (χ1v) is 10.8. The molecular weight excluding hydrogens is 534 g/mol. The molecule has 0 atom stereocenters. The summed E-state index contributed by atoms with van der Waals surface area (Å²) < 4.78 is 7.33. The number of nitrogens with one attached hydrogen (secondary N) is 3.